The predicted molar refractivity (Wildman–Crippen MR) is 68.5 cm³/mol. The number of benzene rings is 1. The number of nitrogens with zero attached hydrogens (tertiary/aromatic N) is 1. The van der Waals surface area contributed by atoms with Crippen molar-refractivity contribution in [3.63, 3.8) is 0 Å². The molecule has 0 bridgehead atoms. The zero-order valence-corrected chi connectivity index (χ0v) is 10.6. The van der Waals surface area contributed by atoms with Crippen molar-refractivity contribution in [1.29, 1.82) is 0 Å². The van der Waals surface area contributed by atoms with Gasteiger partial charge in [-0.05, 0) is 31.7 Å². The van der Waals surface area contributed by atoms with Crippen LogP contribution in [0, 0.1) is 6.92 Å². The zero-order valence-electron chi connectivity index (χ0n) is 9.79. The van der Waals surface area contributed by atoms with E-state index in [0.717, 1.165) is 17.1 Å². The van der Waals surface area contributed by atoms with Crippen LogP contribution in [0.1, 0.15) is 24.4 Å². The van der Waals surface area contributed by atoms with Gasteiger partial charge in [0.15, 0.2) is 0 Å². The van der Waals surface area contributed by atoms with Crippen molar-refractivity contribution < 1.29 is 0 Å². The van der Waals surface area contributed by atoms with E-state index in [9.17, 15) is 0 Å². The Morgan fingerprint density at radius 3 is 2.73 bits per heavy atom. The Hall–Kier alpha value is -0.930. The van der Waals surface area contributed by atoms with E-state index in [0.29, 0.717) is 0 Å². The summed E-state index contributed by atoms with van der Waals surface area (Å²) in [7, 11) is 1.96. The molecule has 0 aliphatic carbocycles. The molecule has 0 radical (unpaired) electrons. The van der Waals surface area contributed by atoms with Gasteiger partial charge in [0.25, 0.3) is 0 Å². The van der Waals surface area contributed by atoms with E-state index in [1.54, 1.807) is 11.3 Å². The van der Waals surface area contributed by atoms with Crippen LogP contribution in [0.5, 0.6) is 0 Å². The molecule has 0 amide bonds. The summed E-state index contributed by atoms with van der Waals surface area (Å²) in [5, 5.41) is 4.28. The first-order chi connectivity index (χ1) is 7.29. The highest BCUT2D eigenvalue weighted by Gasteiger charge is 2.00. The molecule has 0 unspecified atom stereocenters. The maximum atomic E-state index is 4.41. The van der Waals surface area contributed by atoms with Gasteiger partial charge in [0.2, 0.25) is 0 Å². The first-order valence-corrected chi connectivity index (χ1v) is 6.12. The summed E-state index contributed by atoms with van der Waals surface area (Å²) in [5.41, 5.74) is 2.43. The summed E-state index contributed by atoms with van der Waals surface area (Å²) in [6.45, 7) is 6.97. The third-order valence-corrected chi connectivity index (χ3v) is 2.87. The lowest BCUT2D eigenvalue weighted by Crippen LogP contribution is -2.04. The van der Waals surface area contributed by atoms with E-state index in [1.165, 1.54) is 10.3 Å². The van der Waals surface area contributed by atoms with Crippen molar-refractivity contribution >= 4 is 21.6 Å². The molecular formula is C12H18N2S. The van der Waals surface area contributed by atoms with E-state index in [2.05, 4.69) is 28.5 Å². The van der Waals surface area contributed by atoms with Crippen molar-refractivity contribution in [2.45, 2.75) is 27.3 Å². The highest BCUT2D eigenvalue weighted by Crippen LogP contribution is 2.22. The van der Waals surface area contributed by atoms with Crippen LogP contribution in [0.2, 0.25) is 0 Å². The number of aromatic nitrogens is 1. The molecule has 2 nitrogen and oxygen atoms in total. The molecule has 1 heterocycles. The van der Waals surface area contributed by atoms with Crippen LogP contribution < -0.4 is 5.32 Å². The maximum Gasteiger partial charge on any atom is 0.0907 e. The van der Waals surface area contributed by atoms with Crippen molar-refractivity contribution in [3.8, 4) is 0 Å². The van der Waals surface area contributed by atoms with Crippen molar-refractivity contribution in [2.24, 2.45) is 0 Å². The molecule has 0 aliphatic rings. The van der Waals surface area contributed by atoms with Gasteiger partial charge in [-0.2, -0.15) is 0 Å². The van der Waals surface area contributed by atoms with Crippen LogP contribution in [0.4, 0.5) is 0 Å². The van der Waals surface area contributed by atoms with Gasteiger partial charge >= 0.3 is 0 Å². The fourth-order valence-corrected chi connectivity index (χ4v) is 2.29. The summed E-state index contributed by atoms with van der Waals surface area (Å²) in [6.07, 6.45) is 0. The Balaban J connectivity index is 0.000000531. The van der Waals surface area contributed by atoms with Gasteiger partial charge in [-0.1, -0.05) is 19.9 Å². The SMILES string of the molecule is CC.CNCc1ccc2nc(C)sc2c1. The second-order valence-corrected chi connectivity index (χ2v) is 4.30. The van der Waals surface area contributed by atoms with Crippen LogP contribution in [-0.4, -0.2) is 12.0 Å². The number of aryl methyl sites for hydroxylation is 1. The Kier molecular flexibility index (Phi) is 4.72. The fraction of sp³-hybridized carbons (Fsp3) is 0.417. The van der Waals surface area contributed by atoms with Crippen molar-refractivity contribution in [3.05, 3.63) is 28.8 Å². The van der Waals surface area contributed by atoms with Gasteiger partial charge in [-0.3, -0.25) is 0 Å². The molecule has 2 rings (SSSR count). The predicted octanol–water partition coefficient (Wildman–Crippen LogP) is 3.35. The van der Waals surface area contributed by atoms with Gasteiger partial charge in [-0.15, -0.1) is 11.3 Å². The summed E-state index contributed by atoms with van der Waals surface area (Å²) < 4.78 is 1.28. The molecule has 1 aromatic carbocycles. The molecule has 1 N–H and O–H groups in total. The number of thiazole rings is 1. The molecule has 0 spiro atoms. The molecule has 3 heteroatoms. The average molecular weight is 222 g/mol. The Labute approximate surface area is 95.4 Å². The highest BCUT2D eigenvalue weighted by molar-refractivity contribution is 7.18. The van der Waals surface area contributed by atoms with Crippen LogP contribution in [-0.2, 0) is 6.54 Å². The van der Waals surface area contributed by atoms with Crippen LogP contribution in [0.3, 0.4) is 0 Å². The van der Waals surface area contributed by atoms with E-state index in [-0.39, 0.29) is 0 Å². The monoisotopic (exact) mass is 222 g/mol. The van der Waals surface area contributed by atoms with Crippen LogP contribution in [0.15, 0.2) is 18.2 Å². The third kappa shape index (κ3) is 3.01. The van der Waals surface area contributed by atoms with Crippen LogP contribution >= 0.6 is 11.3 Å². The van der Waals surface area contributed by atoms with Gasteiger partial charge in [-0.25, -0.2) is 4.98 Å². The van der Waals surface area contributed by atoms with Crippen LogP contribution in [0.25, 0.3) is 10.2 Å². The number of rotatable bonds is 2. The molecular weight excluding hydrogens is 204 g/mol. The van der Waals surface area contributed by atoms with E-state index in [1.807, 2.05) is 27.8 Å². The minimum absolute atomic E-state index is 0.923. The lowest BCUT2D eigenvalue weighted by atomic mass is 10.2. The fourth-order valence-electron chi connectivity index (χ4n) is 1.40. The van der Waals surface area contributed by atoms with E-state index < -0.39 is 0 Å². The molecule has 0 saturated carbocycles. The maximum absolute atomic E-state index is 4.41. The first kappa shape index (κ1) is 12.1. The molecule has 0 fully saturated rings. The molecule has 0 atom stereocenters. The highest BCUT2D eigenvalue weighted by atomic mass is 32.1. The normalized spacial score (nSPS) is 9.87. The molecule has 0 aliphatic heterocycles. The Bertz CT molecular complexity index is 420. The third-order valence-electron chi connectivity index (χ3n) is 1.94. The second kappa shape index (κ2) is 5.83. The Morgan fingerprint density at radius 2 is 2.07 bits per heavy atom. The summed E-state index contributed by atoms with van der Waals surface area (Å²) in [6, 6.07) is 6.42. The van der Waals surface area contributed by atoms with E-state index >= 15 is 0 Å². The number of hydrogen-bond acceptors (Lipinski definition) is 3. The number of fused-ring (bicyclic) bond motifs is 1. The Morgan fingerprint density at radius 1 is 1.33 bits per heavy atom. The summed E-state index contributed by atoms with van der Waals surface area (Å²) in [4.78, 5) is 4.41. The lowest BCUT2D eigenvalue weighted by Gasteiger charge is -1.98. The molecule has 0 saturated heterocycles. The van der Waals surface area contributed by atoms with Crippen molar-refractivity contribution in [2.75, 3.05) is 7.05 Å². The summed E-state index contributed by atoms with van der Waals surface area (Å²) >= 11 is 1.75. The lowest BCUT2D eigenvalue weighted by molar-refractivity contribution is 0.819. The quantitative estimate of drug-likeness (QED) is 0.843. The van der Waals surface area contributed by atoms with E-state index in [4.69, 9.17) is 0 Å². The zero-order chi connectivity index (χ0) is 11.3. The molecule has 15 heavy (non-hydrogen) atoms. The standard InChI is InChI=1S/C10H12N2S.C2H6/c1-7-12-9-4-3-8(6-11-2)5-10(9)13-7;1-2/h3-5,11H,6H2,1-2H3;1-2H3. The molecule has 1 aromatic heterocycles. The minimum Gasteiger partial charge on any atom is -0.316 e. The van der Waals surface area contributed by atoms with Gasteiger partial charge in [0.05, 0.1) is 15.2 Å². The minimum atomic E-state index is 0.923. The first-order valence-electron chi connectivity index (χ1n) is 5.30. The topological polar surface area (TPSA) is 24.9 Å². The number of hydrogen-bond donors (Lipinski definition) is 1. The van der Waals surface area contributed by atoms with Gasteiger partial charge in [0.1, 0.15) is 0 Å². The molecule has 2 aromatic rings. The second-order valence-electron chi connectivity index (χ2n) is 3.07. The smallest absolute Gasteiger partial charge is 0.0907 e. The summed E-state index contributed by atoms with van der Waals surface area (Å²) in [5.74, 6) is 0. The molecule has 82 valence electrons. The average Bonchev–Trinajstić information content (AvgIpc) is 2.61. The number of nitrogens with one attached hydrogen (secondary N) is 1. The van der Waals surface area contributed by atoms with Gasteiger partial charge < -0.3 is 5.32 Å². The largest absolute Gasteiger partial charge is 0.316 e. The van der Waals surface area contributed by atoms with Gasteiger partial charge in [0, 0.05) is 6.54 Å². The van der Waals surface area contributed by atoms with Crippen molar-refractivity contribution in [1.82, 2.24) is 10.3 Å².